The molecule has 0 amide bonds. The van der Waals surface area contributed by atoms with Gasteiger partial charge in [-0.15, -0.1) is 11.3 Å². The first-order chi connectivity index (χ1) is 8.65. The number of hydrogen-bond donors (Lipinski definition) is 2. The summed E-state index contributed by atoms with van der Waals surface area (Å²) in [6.07, 6.45) is 0. The molecule has 4 heteroatoms. The monoisotopic (exact) mass is 262 g/mol. The second-order valence-electron chi connectivity index (χ2n) is 4.34. The molecule has 2 rings (SSSR count). The molecule has 0 aliphatic heterocycles. The van der Waals surface area contributed by atoms with Gasteiger partial charge in [-0.3, -0.25) is 5.84 Å². The van der Waals surface area contributed by atoms with Crippen LogP contribution in [0.25, 0.3) is 0 Å². The SMILES string of the molecule is COc1cc(C)ccc1C(NN)c1csc(C)c1. The maximum atomic E-state index is 5.71. The van der Waals surface area contributed by atoms with Crippen LogP contribution in [0.5, 0.6) is 5.75 Å². The Balaban J connectivity index is 2.44. The van der Waals surface area contributed by atoms with E-state index in [-0.39, 0.29) is 6.04 Å². The molecule has 1 aromatic carbocycles. The molecule has 0 aliphatic rings. The highest BCUT2D eigenvalue weighted by Crippen LogP contribution is 2.32. The molecule has 2 aromatic rings. The fraction of sp³-hybridized carbons (Fsp3) is 0.286. The van der Waals surface area contributed by atoms with Gasteiger partial charge >= 0.3 is 0 Å². The number of hydrogen-bond acceptors (Lipinski definition) is 4. The van der Waals surface area contributed by atoms with Gasteiger partial charge in [-0.1, -0.05) is 12.1 Å². The molecule has 0 aliphatic carbocycles. The van der Waals surface area contributed by atoms with Crippen LogP contribution in [0.3, 0.4) is 0 Å². The average molecular weight is 262 g/mol. The summed E-state index contributed by atoms with van der Waals surface area (Å²) in [5.41, 5.74) is 6.27. The normalized spacial score (nSPS) is 12.4. The van der Waals surface area contributed by atoms with Crippen LogP contribution in [-0.2, 0) is 0 Å². The number of benzene rings is 1. The Hall–Kier alpha value is -1.36. The highest BCUT2D eigenvalue weighted by molar-refractivity contribution is 7.10. The lowest BCUT2D eigenvalue weighted by molar-refractivity contribution is 0.404. The van der Waals surface area contributed by atoms with Crippen molar-refractivity contribution in [1.29, 1.82) is 0 Å². The van der Waals surface area contributed by atoms with Gasteiger partial charge in [0.05, 0.1) is 13.2 Å². The van der Waals surface area contributed by atoms with Gasteiger partial charge in [0, 0.05) is 10.4 Å². The van der Waals surface area contributed by atoms with E-state index in [4.69, 9.17) is 10.6 Å². The highest BCUT2D eigenvalue weighted by atomic mass is 32.1. The molecule has 0 saturated heterocycles. The lowest BCUT2D eigenvalue weighted by Gasteiger charge is -2.18. The van der Waals surface area contributed by atoms with Gasteiger partial charge in [-0.05, 0) is 42.5 Å². The number of methoxy groups -OCH3 is 1. The van der Waals surface area contributed by atoms with Crippen molar-refractivity contribution in [1.82, 2.24) is 5.43 Å². The molecule has 1 unspecified atom stereocenters. The van der Waals surface area contributed by atoms with E-state index < -0.39 is 0 Å². The Bertz CT molecular complexity index is 536. The molecule has 96 valence electrons. The van der Waals surface area contributed by atoms with Crippen LogP contribution in [0.4, 0.5) is 0 Å². The third kappa shape index (κ3) is 2.56. The molecular formula is C14H18N2OS. The third-order valence-electron chi connectivity index (χ3n) is 2.95. The Morgan fingerprint density at radius 3 is 2.61 bits per heavy atom. The van der Waals surface area contributed by atoms with Gasteiger partial charge in [-0.2, -0.15) is 0 Å². The number of rotatable bonds is 4. The van der Waals surface area contributed by atoms with E-state index >= 15 is 0 Å². The zero-order chi connectivity index (χ0) is 13.1. The third-order valence-corrected chi connectivity index (χ3v) is 3.83. The van der Waals surface area contributed by atoms with Gasteiger partial charge in [0.1, 0.15) is 5.75 Å². The molecular weight excluding hydrogens is 244 g/mol. The molecule has 1 heterocycles. The Morgan fingerprint density at radius 2 is 2.06 bits per heavy atom. The molecule has 0 saturated carbocycles. The van der Waals surface area contributed by atoms with Gasteiger partial charge < -0.3 is 4.74 Å². The Morgan fingerprint density at radius 1 is 1.28 bits per heavy atom. The van der Waals surface area contributed by atoms with Crippen molar-refractivity contribution in [3.8, 4) is 5.75 Å². The smallest absolute Gasteiger partial charge is 0.124 e. The molecule has 1 atom stereocenters. The summed E-state index contributed by atoms with van der Waals surface area (Å²) < 4.78 is 5.45. The molecule has 1 aromatic heterocycles. The lowest BCUT2D eigenvalue weighted by atomic mass is 9.99. The summed E-state index contributed by atoms with van der Waals surface area (Å²) in [6, 6.07) is 8.27. The van der Waals surface area contributed by atoms with E-state index in [1.165, 1.54) is 16.0 Å². The lowest BCUT2D eigenvalue weighted by Crippen LogP contribution is -2.28. The van der Waals surface area contributed by atoms with E-state index in [2.05, 4.69) is 35.9 Å². The number of nitrogens with one attached hydrogen (secondary N) is 1. The van der Waals surface area contributed by atoms with E-state index in [1.807, 2.05) is 13.0 Å². The molecule has 0 radical (unpaired) electrons. The summed E-state index contributed by atoms with van der Waals surface area (Å²) in [5, 5.41) is 2.12. The second-order valence-corrected chi connectivity index (χ2v) is 5.45. The van der Waals surface area contributed by atoms with Gasteiger partial charge in [0.15, 0.2) is 0 Å². The van der Waals surface area contributed by atoms with Crippen LogP contribution in [0.1, 0.15) is 27.6 Å². The minimum atomic E-state index is -0.0366. The van der Waals surface area contributed by atoms with Crippen LogP contribution in [0.2, 0.25) is 0 Å². The average Bonchev–Trinajstić information content (AvgIpc) is 2.78. The topological polar surface area (TPSA) is 47.3 Å². The van der Waals surface area contributed by atoms with Crippen molar-refractivity contribution in [2.75, 3.05) is 7.11 Å². The molecule has 0 fully saturated rings. The summed E-state index contributed by atoms with van der Waals surface area (Å²) in [6.45, 7) is 4.14. The Kier molecular flexibility index (Phi) is 4.01. The van der Waals surface area contributed by atoms with Crippen molar-refractivity contribution >= 4 is 11.3 Å². The molecule has 3 N–H and O–H groups in total. The molecule has 3 nitrogen and oxygen atoms in total. The summed E-state index contributed by atoms with van der Waals surface area (Å²) in [7, 11) is 1.69. The first-order valence-corrected chi connectivity index (χ1v) is 6.69. The second kappa shape index (κ2) is 5.52. The van der Waals surface area contributed by atoms with Crippen LogP contribution in [0.15, 0.2) is 29.6 Å². The van der Waals surface area contributed by atoms with E-state index in [1.54, 1.807) is 18.4 Å². The van der Waals surface area contributed by atoms with E-state index in [0.29, 0.717) is 0 Å². The first kappa shape index (κ1) is 13.1. The van der Waals surface area contributed by atoms with Crippen molar-refractivity contribution in [2.45, 2.75) is 19.9 Å². The summed E-state index contributed by atoms with van der Waals surface area (Å²) in [5.74, 6) is 6.57. The van der Waals surface area contributed by atoms with Crippen molar-refractivity contribution < 1.29 is 4.74 Å². The summed E-state index contributed by atoms with van der Waals surface area (Å²) in [4.78, 5) is 1.27. The zero-order valence-corrected chi connectivity index (χ0v) is 11.7. The number of aryl methyl sites for hydroxylation is 2. The van der Waals surface area contributed by atoms with Crippen LogP contribution in [-0.4, -0.2) is 7.11 Å². The fourth-order valence-electron chi connectivity index (χ4n) is 2.04. The summed E-state index contributed by atoms with van der Waals surface area (Å²) >= 11 is 1.72. The maximum Gasteiger partial charge on any atom is 0.124 e. The number of ether oxygens (including phenoxy) is 1. The standard InChI is InChI=1S/C14H18N2OS/c1-9-4-5-12(13(6-9)17-3)14(16-15)11-7-10(2)18-8-11/h4-8,14,16H,15H2,1-3H3. The number of nitrogens with two attached hydrogens (primary N) is 1. The number of hydrazine groups is 1. The van der Waals surface area contributed by atoms with Crippen molar-refractivity contribution in [3.63, 3.8) is 0 Å². The van der Waals surface area contributed by atoms with Gasteiger partial charge in [0.2, 0.25) is 0 Å². The van der Waals surface area contributed by atoms with Gasteiger partial charge in [-0.25, -0.2) is 5.43 Å². The predicted octanol–water partition coefficient (Wildman–Crippen LogP) is 2.93. The van der Waals surface area contributed by atoms with Gasteiger partial charge in [0.25, 0.3) is 0 Å². The first-order valence-electron chi connectivity index (χ1n) is 5.81. The van der Waals surface area contributed by atoms with Crippen LogP contribution >= 0.6 is 11.3 Å². The Labute approximate surface area is 112 Å². The number of thiophene rings is 1. The molecule has 18 heavy (non-hydrogen) atoms. The fourth-order valence-corrected chi connectivity index (χ4v) is 2.77. The van der Waals surface area contributed by atoms with Crippen molar-refractivity contribution in [3.05, 3.63) is 51.2 Å². The minimum absolute atomic E-state index is 0.0366. The quantitative estimate of drug-likeness (QED) is 0.658. The van der Waals surface area contributed by atoms with E-state index in [9.17, 15) is 0 Å². The van der Waals surface area contributed by atoms with Crippen LogP contribution in [0, 0.1) is 13.8 Å². The maximum absolute atomic E-state index is 5.71. The predicted molar refractivity (Wildman–Crippen MR) is 76.0 cm³/mol. The zero-order valence-electron chi connectivity index (χ0n) is 10.9. The molecule has 0 spiro atoms. The minimum Gasteiger partial charge on any atom is -0.496 e. The molecule has 0 bridgehead atoms. The van der Waals surface area contributed by atoms with Crippen LogP contribution < -0.4 is 16.0 Å². The van der Waals surface area contributed by atoms with E-state index in [0.717, 1.165) is 11.3 Å². The highest BCUT2D eigenvalue weighted by Gasteiger charge is 2.17. The van der Waals surface area contributed by atoms with Crippen molar-refractivity contribution in [2.24, 2.45) is 5.84 Å². The largest absolute Gasteiger partial charge is 0.496 e.